The number of rotatable bonds is 5. The fourth-order valence-corrected chi connectivity index (χ4v) is 3.13. The summed E-state index contributed by atoms with van der Waals surface area (Å²) in [4.78, 5) is 26.4. The van der Waals surface area contributed by atoms with E-state index >= 15 is 0 Å². The quantitative estimate of drug-likeness (QED) is 0.488. The molecule has 0 radical (unpaired) electrons. The molecule has 134 valence electrons. The van der Waals surface area contributed by atoms with Gasteiger partial charge >= 0.3 is 0 Å². The maximum atomic E-state index is 12.6. The van der Waals surface area contributed by atoms with Gasteiger partial charge in [-0.3, -0.25) is 9.59 Å². The molecule has 1 amide bonds. The van der Waals surface area contributed by atoms with E-state index in [9.17, 15) is 19.8 Å². The second-order valence-corrected chi connectivity index (χ2v) is 5.86. The van der Waals surface area contributed by atoms with Crippen LogP contribution >= 0.6 is 0 Å². The molecular formula is C20H19NO5. The molecule has 3 rings (SSSR count). The van der Waals surface area contributed by atoms with E-state index in [1.165, 1.54) is 12.0 Å². The van der Waals surface area contributed by atoms with E-state index in [2.05, 4.69) is 0 Å². The van der Waals surface area contributed by atoms with Crippen molar-refractivity contribution in [1.82, 2.24) is 4.90 Å². The second-order valence-electron chi connectivity index (χ2n) is 5.86. The van der Waals surface area contributed by atoms with Crippen LogP contribution in [0.4, 0.5) is 0 Å². The summed E-state index contributed by atoms with van der Waals surface area (Å²) in [6.07, 6.45) is 0. The normalized spacial score (nSPS) is 19.0. The number of carbonyl (C=O) groups excluding carboxylic acids is 2. The van der Waals surface area contributed by atoms with Gasteiger partial charge in [-0.1, -0.05) is 42.5 Å². The Bertz CT molecular complexity index is 860. The van der Waals surface area contributed by atoms with E-state index in [1.54, 1.807) is 54.6 Å². The van der Waals surface area contributed by atoms with Crippen LogP contribution in [0.15, 0.2) is 60.2 Å². The predicted molar refractivity (Wildman–Crippen MR) is 95.5 cm³/mol. The molecule has 26 heavy (non-hydrogen) atoms. The second kappa shape index (κ2) is 7.41. The van der Waals surface area contributed by atoms with E-state index in [0.29, 0.717) is 16.9 Å². The van der Waals surface area contributed by atoms with E-state index in [1.807, 2.05) is 0 Å². The van der Waals surface area contributed by atoms with Crippen molar-refractivity contribution < 1.29 is 24.5 Å². The van der Waals surface area contributed by atoms with E-state index in [-0.39, 0.29) is 24.5 Å². The maximum absolute atomic E-state index is 12.6. The van der Waals surface area contributed by atoms with Crippen molar-refractivity contribution in [3.63, 3.8) is 0 Å². The van der Waals surface area contributed by atoms with Crippen LogP contribution in [0.5, 0.6) is 5.75 Å². The lowest BCUT2D eigenvalue weighted by atomic mass is 9.95. The molecule has 6 heteroatoms. The minimum atomic E-state index is -0.794. The number of carbonyl (C=O) groups is 2. The van der Waals surface area contributed by atoms with E-state index < -0.39 is 17.7 Å². The number of likely N-dealkylation sites (tertiary alicyclic amines) is 1. The van der Waals surface area contributed by atoms with Crippen molar-refractivity contribution in [1.29, 1.82) is 0 Å². The van der Waals surface area contributed by atoms with Crippen LogP contribution in [0.3, 0.4) is 0 Å². The van der Waals surface area contributed by atoms with Crippen LogP contribution < -0.4 is 4.74 Å². The van der Waals surface area contributed by atoms with Gasteiger partial charge in [-0.2, -0.15) is 0 Å². The molecule has 0 aliphatic carbocycles. The van der Waals surface area contributed by atoms with Crippen molar-refractivity contribution in [2.75, 3.05) is 20.3 Å². The predicted octanol–water partition coefficient (Wildman–Crippen LogP) is 2.11. The number of ether oxygens (including phenoxy) is 1. The highest BCUT2D eigenvalue weighted by Gasteiger charge is 2.45. The summed E-state index contributed by atoms with van der Waals surface area (Å²) in [5.74, 6) is -1.19. The Morgan fingerprint density at radius 2 is 1.85 bits per heavy atom. The van der Waals surface area contributed by atoms with Crippen LogP contribution in [0.25, 0.3) is 5.76 Å². The van der Waals surface area contributed by atoms with Gasteiger partial charge in [0.2, 0.25) is 0 Å². The number of Topliss-reactive ketones (excluding diaryl/α,β-unsaturated/α-hetero) is 1. The highest BCUT2D eigenvalue weighted by molar-refractivity contribution is 6.46. The number of β-amino-alcohol motifs (C(OH)–C–C–N with tert-alkyl or cyclic N) is 1. The first-order valence-corrected chi connectivity index (χ1v) is 8.17. The zero-order valence-electron chi connectivity index (χ0n) is 14.3. The SMILES string of the molecule is COc1cccc(C2C(=C(O)c3ccccc3)C(=O)C(=O)N2CCO)c1. The Balaban J connectivity index is 2.19. The Hall–Kier alpha value is -3.12. The number of methoxy groups -OCH3 is 1. The third-order valence-corrected chi connectivity index (χ3v) is 4.34. The number of hydrogen-bond acceptors (Lipinski definition) is 5. The Labute approximate surface area is 150 Å². The highest BCUT2D eigenvalue weighted by atomic mass is 16.5. The molecule has 0 aromatic heterocycles. The molecule has 1 unspecified atom stereocenters. The molecule has 1 atom stereocenters. The zero-order chi connectivity index (χ0) is 18.7. The summed E-state index contributed by atoms with van der Waals surface area (Å²) >= 11 is 0. The first kappa shape index (κ1) is 17.7. The van der Waals surface area contributed by atoms with Gasteiger partial charge < -0.3 is 19.8 Å². The number of benzene rings is 2. The Morgan fingerprint density at radius 1 is 1.12 bits per heavy atom. The van der Waals surface area contributed by atoms with E-state index in [4.69, 9.17) is 4.74 Å². The minimum Gasteiger partial charge on any atom is -0.507 e. The molecular weight excluding hydrogens is 334 g/mol. The zero-order valence-corrected chi connectivity index (χ0v) is 14.3. The summed E-state index contributed by atoms with van der Waals surface area (Å²) in [6, 6.07) is 14.8. The lowest BCUT2D eigenvalue weighted by Crippen LogP contribution is -2.32. The molecule has 2 N–H and O–H groups in total. The number of ketones is 1. The fourth-order valence-electron chi connectivity index (χ4n) is 3.13. The van der Waals surface area contributed by atoms with Crippen LogP contribution in [0.1, 0.15) is 17.2 Å². The van der Waals surface area contributed by atoms with Gasteiger partial charge in [0.1, 0.15) is 11.5 Å². The summed E-state index contributed by atoms with van der Waals surface area (Å²) < 4.78 is 5.23. The van der Waals surface area contributed by atoms with Crippen LogP contribution in [0.2, 0.25) is 0 Å². The van der Waals surface area contributed by atoms with Crippen LogP contribution in [-0.4, -0.2) is 47.1 Å². The highest BCUT2D eigenvalue weighted by Crippen LogP contribution is 2.39. The van der Waals surface area contributed by atoms with Gasteiger partial charge in [0.05, 0.1) is 25.3 Å². The van der Waals surface area contributed by atoms with Crippen molar-refractivity contribution in [3.8, 4) is 5.75 Å². The van der Waals surface area contributed by atoms with Gasteiger partial charge in [-0.05, 0) is 17.7 Å². The summed E-state index contributed by atoms with van der Waals surface area (Å²) in [5, 5.41) is 20.1. The third kappa shape index (κ3) is 3.07. The van der Waals surface area contributed by atoms with Gasteiger partial charge in [0.25, 0.3) is 11.7 Å². The number of nitrogens with zero attached hydrogens (tertiary/aromatic N) is 1. The summed E-state index contributed by atoms with van der Waals surface area (Å²) in [6.45, 7) is -0.309. The van der Waals surface area contributed by atoms with Crippen molar-refractivity contribution >= 4 is 17.4 Å². The largest absolute Gasteiger partial charge is 0.507 e. The first-order valence-electron chi connectivity index (χ1n) is 8.17. The van der Waals surface area contributed by atoms with Gasteiger partial charge in [0.15, 0.2) is 0 Å². The minimum absolute atomic E-state index is 0.00269. The molecule has 6 nitrogen and oxygen atoms in total. The Morgan fingerprint density at radius 3 is 2.50 bits per heavy atom. The van der Waals surface area contributed by atoms with Gasteiger partial charge in [-0.15, -0.1) is 0 Å². The van der Waals surface area contributed by atoms with Crippen molar-refractivity contribution in [3.05, 3.63) is 71.3 Å². The maximum Gasteiger partial charge on any atom is 0.295 e. The molecule has 0 bridgehead atoms. The molecule has 1 heterocycles. The number of amides is 1. The average Bonchev–Trinajstić information content (AvgIpc) is 2.93. The lowest BCUT2D eigenvalue weighted by molar-refractivity contribution is -0.140. The number of hydrogen-bond donors (Lipinski definition) is 2. The number of aliphatic hydroxyl groups excluding tert-OH is 2. The molecule has 2 aromatic carbocycles. The molecule has 0 saturated carbocycles. The average molecular weight is 353 g/mol. The molecule has 1 saturated heterocycles. The first-order chi connectivity index (χ1) is 12.6. The molecule has 1 aliphatic heterocycles. The monoisotopic (exact) mass is 353 g/mol. The van der Waals surface area contributed by atoms with Crippen molar-refractivity contribution in [2.45, 2.75) is 6.04 Å². The number of aliphatic hydroxyl groups is 2. The third-order valence-electron chi connectivity index (χ3n) is 4.34. The summed E-state index contributed by atoms with van der Waals surface area (Å²) in [7, 11) is 1.52. The molecule has 2 aromatic rings. The van der Waals surface area contributed by atoms with Gasteiger partial charge in [-0.25, -0.2) is 0 Å². The van der Waals surface area contributed by atoms with Crippen molar-refractivity contribution in [2.24, 2.45) is 0 Å². The van der Waals surface area contributed by atoms with Gasteiger partial charge in [0, 0.05) is 12.1 Å². The lowest BCUT2D eigenvalue weighted by Gasteiger charge is -2.24. The standard InChI is InChI=1S/C20H19NO5/c1-26-15-9-5-8-14(12-15)17-16(18(23)13-6-3-2-4-7-13)19(24)20(25)21(17)10-11-22/h2-9,12,17,22-23H,10-11H2,1H3. The Kier molecular flexibility index (Phi) is 5.04. The van der Waals surface area contributed by atoms with Crippen LogP contribution in [-0.2, 0) is 9.59 Å². The van der Waals surface area contributed by atoms with Crippen LogP contribution in [0, 0.1) is 0 Å². The summed E-state index contributed by atoms with van der Waals surface area (Å²) in [5.41, 5.74) is 1.07. The fraction of sp³-hybridized carbons (Fsp3) is 0.200. The molecule has 1 fully saturated rings. The topological polar surface area (TPSA) is 87.1 Å². The molecule has 0 spiro atoms. The molecule has 1 aliphatic rings. The van der Waals surface area contributed by atoms with E-state index in [0.717, 1.165) is 0 Å². The smallest absolute Gasteiger partial charge is 0.295 e.